The van der Waals surface area contributed by atoms with E-state index < -0.39 is 5.97 Å². The van der Waals surface area contributed by atoms with E-state index in [2.05, 4.69) is 10.3 Å². The van der Waals surface area contributed by atoms with Crippen LogP contribution in [0.2, 0.25) is 0 Å². The van der Waals surface area contributed by atoms with Crippen molar-refractivity contribution < 1.29 is 19.4 Å². The summed E-state index contributed by atoms with van der Waals surface area (Å²) in [5.41, 5.74) is 0.0245. The lowest BCUT2D eigenvalue weighted by Gasteiger charge is -2.06. The molecule has 1 rings (SSSR count). The number of nitrogens with zero attached hydrogens (tertiary/aromatic N) is 1. The number of carboxylic acid groups (broad SMARTS) is 1. The lowest BCUT2D eigenvalue weighted by molar-refractivity contribution is -0.123. The van der Waals surface area contributed by atoms with Crippen LogP contribution in [0.1, 0.15) is 23.7 Å². The maximum absolute atomic E-state index is 11.2. The van der Waals surface area contributed by atoms with Crippen LogP contribution in [0.3, 0.4) is 0 Å². The minimum atomic E-state index is -1.08. The molecule has 0 saturated carbocycles. The van der Waals surface area contributed by atoms with Gasteiger partial charge in [0.1, 0.15) is 5.75 Å². The number of amides is 1. The van der Waals surface area contributed by atoms with Crippen LogP contribution in [0.4, 0.5) is 0 Å². The maximum Gasteiger partial charge on any atom is 0.337 e. The Hall–Kier alpha value is -2.11. The van der Waals surface area contributed by atoms with Crippen molar-refractivity contribution in [2.75, 3.05) is 13.2 Å². The molecule has 1 aromatic heterocycles. The topological polar surface area (TPSA) is 88.5 Å². The maximum atomic E-state index is 11.2. The molecular weight excluding hydrogens is 224 g/mol. The molecule has 0 spiro atoms. The van der Waals surface area contributed by atoms with Crippen LogP contribution in [0, 0.1) is 0 Å². The van der Waals surface area contributed by atoms with Gasteiger partial charge in [-0.25, -0.2) is 4.79 Å². The largest absolute Gasteiger partial charge is 0.482 e. The number of carboxylic acids is 1. The smallest absolute Gasteiger partial charge is 0.337 e. The van der Waals surface area contributed by atoms with Crippen molar-refractivity contribution in [3.8, 4) is 5.75 Å². The molecule has 0 unspecified atom stereocenters. The average Bonchev–Trinajstić information content (AvgIpc) is 2.34. The van der Waals surface area contributed by atoms with Crippen LogP contribution in [0.15, 0.2) is 18.5 Å². The Bertz CT molecular complexity index is 406. The average molecular weight is 238 g/mol. The molecule has 0 atom stereocenters. The first-order valence-corrected chi connectivity index (χ1v) is 5.21. The molecule has 0 saturated heterocycles. The van der Waals surface area contributed by atoms with Gasteiger partial charge in [0.05, 0.1) is 11.8 Å². The van der Waals surface area contributed by atoms with Gasteiger partial charge in [-0.3, -0.25) is 9.78 Å². The summed E-state index contributed by atoms with van der Waals surface area (Å²) in [6.07, 6.45) is 3.42. The van der Waals surface area contributed by atoms with Gasteiger partial charge < -0.3 is 15.2 Å². The summed E-state index contributed by atoms with van der Waals surface area (Å²) in [6, 6.07) is 1.32. The minimum Gasteiger partial charge on any atom is -0.482 e. The zero-order valence-corrected chi connectivity index (χ0v) is 9.47. The Morgan fingerprint density at radius 1 is 1.47 bits per heavy atom. The first-order chi connectivity index (χ1) is 8.13. The predicted octanol–water partition coefficient (Wildman–Crippen LogP) is 0.685. The van der Waals surface area contributed by atoms with E-state index in [9.17, 15) is 9.59 Å². The molecule has 92 valence electrons. The second-order valence-corrected chi connectivity index (χ2v) is 3.35. The number of ether oxygens (including phenoxy) is 1. The SMILES string of the molecule is CCCNC(=O)COc1cncc(C(=O)O)c1. The lowest BCUT2D eigenvalue weighted by Crippen LogP contribution is -2.29. The molecule has 0 bridgehead atoms. The molecule has 0 aliphatic rings. The fourth-order valence-corrected chi connectivity index (χ4v) is 1.08. The van der Waals surface area contributed by atoms with Gasteiger partial charge >= 0.3 is 5.97 Å². The molecule has 17 heavy (non-hydrogen) atoms. The molecule has 0 aliphatic heterocycles. The van der Waals surface area contributed by atoms with Gasteiger partial charge in [-0.1, -0.05) is 6.92 Å². The number of hydrogen-bond acceptors (Lipinski definition) is 4. The van der Waals surface area contributed by atoms with Crippen LogP contribution >= 0.6 is 0 Å². The molecule has 6 heteroatoms. The first-order valence-electron chi connectivity index (χ1n) is 5.21. The van der Waals surface area contributed by atoms with E-state index in [1.807, 2.05) is 6.92 Å². The summed E-state index contributed by atoms with van der Waals surface area (Å²) in [5, 5.41) is 11.4. The predicted molar refractivity (Wildman–Crippen MR) is 60.0 cm³/mol. The van der Waals surface area contributed by atoms with Crippen molar-refractivity contribution in [1.82, 2.24) is 10.3 Å². The van der Waals surface area contributed by atoms with Crippen LogP contribution in [0.5, 0.6) is 5.75 Å². The molecule has 0 fully saturated rings. The highest BCUT2D eigenvalue weighted by atomic mass is 16.5. The Labute approximate surface area is 98.6 Å². The number of rotatable bonds is 6. The van der Waals surface area contributed by atoms with E-state index in [0.717, 1.165) is 6.42 Å². The number of pyridine rings is 1. The molecule has 1 aromatic rings. The lowest BCUT2D eigenvalue weighted by atomic mass is 10.3. The normalized spacial score (nSPS) is 9.71. The third-order valence-electron chi connectivity index (χ3n) is 1.90. The fraction of sp³-hybridized carbons (Fsp3) is 0.364. The van der Waals surface area contributed by atoms with E-state index in [1.165, 1.54) is 18.5 Å². The standard InChI is InChI=1S/C11H14N2O4/c1-2-3-13-10(14)7-17-9-4-8(11(15)16)5-12-6-9/h4-6H,2-3,7H2,1H3,(H,13,14)(H,15,16). The summed E-state index contributed by atoms with van der Waals surface area (Å²) >= 11 is 0. The monoisotopic (exact) mass is 238 g/mol. The summed E-state index contributed by atoms with van der Waals surface area (Å²) in [6.45, 7) is 2.39. The van der Waals surface area contributed by atoms with Gasteiger partial charge in [0.2, 0.25) is 0 Å². The highest BCUT2D eigenvalue weighted by Crippen LogP contribution is 2.10. The Balaban J connectivity index is 2.49. The molecule has 0 aliphatic carbocycles. The quantitative estimate of drug-likeness (QED) is 0.761. The van der Waals surface area contributed by atoms with E-state index in [1.54, 1.807) is 0 Å². The summed E-state index contributed by atoms with van der Waals surface area (Å²) in [5.74, 6) is -1.07. The molecule has 2 N–H and O–H groups in total. The Morgan fingerprint density at radius 2 is 2.24 bits per heavy atom. The number of aromatic nitrogens is 1. The number of carbonyl (C=O) groups excluding carboxylic acids is 1. The van der Waals surface area contributed by atoms with Gasteiger partial charge in [-0.2, -0.15) is 0 Å². The van der Waals surface area contributed by atoms with Crippen molar-refractivity contribution >= 4 is 11.9 Å². The van der Waals surface area contributed by atoms with Gasteiger partial charge in [-0.15, -0.1) is 0 Å². The second kappa shape index (κ2) is 6.47. The number of carbonyl (C=O) groups is 2. The second-order valence-electron chi connectivity index (χ2n) is 3.35. The van der Waals surface area contributed by atoms with Gasteiger partial charge in [-0.05, 0) is 12.5 Å². The fourth-order valence-electron chi connectivity index (χ4n) is 1.08. The highest BCUT2D eigenvalue weighted by molar-refractivity contribution is 5.87. The van der Waals surface area contributed by atoms with E-state index in [-0.39, 0.29) is 23.8 Å². The van der Waals surface area contributed by atoms with Crippen molar-refractivity contribution in [3.05, 3.63) is 24.0 Å². The van der Waals surface area contributed by atoms with Crippen LogP contribution in [-0.4, -0.2) is 35.1 Å². The summed E-state index contributed by atoms with van der Waals surface area (Å²) in [4.78, 5) is 25.6. The number of aromatic carboxylic acids is 1. The van der Waals surface area contributed by atoms with Crippen molar-refractivity contribution in [1.29, 1.82) is 0 Å². The summed E-state index contributed by atoms with van der Waals surface area (Å²) in [7, 11) is 0. The van der Waals surface area contributed by atoms with Gasteiger partial charge in [0, 0.05) is 12.7 Å². The highest BCUT2D eigenvalue weighted by Gasteiger charge is 2.06. The molecule has 1 heterocycles. The molecule has 1 amide bonds. The molecular formula is C11H14N2O4. The Morgan fingerprint density at radius 3 is 2.88 bits per heavy atom. The third-order valence-corrected chi connectivity index (χ3v) is 1.90. The molecule has 0 aromatic carbocycles. The van der Waals surface area contributed by atoms with E-state index >= 15 is 0 Å². The van der Waals surface area contributed by atoms with Gasteiger partial charge in [0.15, 0.2) is 6.61 Å². The number of nitrogens with one attached hydrogen (secondary N) is 1. The van der Waals surface area contributed by atoms with E-state index in [4.69, 9.17) is 9.84 Å². The van der Waals surface area contributed by atoms with Crippen molar-refractivity contribution in [2.45, 2.75) is 13.3 Å². The third kappa shape index (κ3) is 4.50. The van der Waals surface area contributed by atoms with Crippen LogP contribution in [0.25, 0.3) is 0 Å². The molecule has 0 radical (unpaired) electrons. The zero-order chi connectivity index (χ0) is 12.7. The zero-order valence-electron chi connectivity index (χ0n) is 9.47. The van der Waals surface area contributed by atoms with Crippen LogP contribution in [-0.2, 0) is 4.79 Å². The Kier molecular flexibility index (Phi) is 4.93. The minimum absolute atomic E-state index is 0.0245. The van der Waals surface area contributed by atoms with Gasteiger partial charge in [0.25, 0.3) is 5.91 Å². The van der Waals surface area contributed by atoms with Crippen LogP contribution < -0.4 is 10.1 Å². The van der Waals surface area contributed by atoms with E-state index in [0.29, 0.717) is 6.54 Å². The molecule has 6 nitrogen and oxygen atoms in total. The first kappa shape index (κ1) is 13.0. The van der Waals surface area contributed by atoms with Crippen molar-refractivity contribution in [2.24, 2.45) is 0 Å². The van der Waals surface area contributed by atoms with Crippen molar-refractivity contribution in [3.63, 3.8) is 0 Å². The summed E-state index contributed by atoms with van der Waals surface area (Å²) < 4.78 is 5.12. The number of hydrogen-bond donors (Lipinski definition) is 2.